The van der Waals surface area contributed by atoms with Crippen molar-refractivity contribution in [3.8, 4) is 0 Å². The molecule has 76 valence electrons. The van der Waals surface area contributed by atoms with E-state index in [0.717, 1.165) is 0 Å². The van der Waals surface area contributed by atoms with Crippen LogP contribution in [0.5, 0.6) is 0 Å². The summed E-state index contributed by atoms with van der Waals surface area (Å²) in [7, 11) is 0. The van der Waals surface area contributed by atoms with E-state index in [4.69, 9.17) is 5.11 Å². The van der Waals surface area contributed by atoms with E-state index in [1.54, 1.807) is 0 Å². The Morgan fingerprint density at radius 3 is 2.36 bits per heavy atom. The molecular weight excluding hydrogens is 204 g/mol. The number of carboxylic acid groups (broad SMARTS) is 1. The molecule has 0 aliphatic carbocycles. The minimum Gasteiger partial charge on any atom is -0.477 e. The van der Waals surface area contributed by atoms with Gasteiger partial charge in [0.1, 0.15) is 11.6 Å². The second-order valence-corrected chi connectivity index (χ2v) is 2.50. The Balaban J connectivity index is 3.31. The fraction of sp³-hybridized carbons (Fsp3) is 0.125. The van der Waals surface area contributed by atoms with Crippen LogP contribution in [0.15, 0.2) is 18.2 Å². The normalized spacial score (nSPS) is 11.4. The van der Waals surface area contributed by atoms with Crippen molar-refractivity contribution in [3.05, 3.63) is 35.4 Å². The summed E-state index contributed by atoms with van der Waals surface area (Å²) in [5.41, 5.74) is -1.48. The predicted octanol–water partition coefficient (Wildman–Crippen LogP) is 2.14. The zero-order valence-electron chi connectivity index (χ0n) is 6.60. The van der Waals surface area contributed by atoms with Gasteiger partial charge in [0.05, 0.1) is 5.56 Å². The third kappa shape index (κ3) is 1.68. The van der Waals surface area contributed by atoms with Crippen LogP contribution in [0.4, 0.5) is 17.6 Å². The van der Waals surface area contributed by atoms with Crippen LogP contribution in [-0.4, -0.2) is 11.1 Å². The SMILES string of the molecule is O=C(O)C(F)(F)c1cc(F)ccc1F. The summed E-state index contributed by atoms with van der Waals surface area (Å²) in [5, 5.41) is 8.07. The predicted molar refractivity (Wildman–Crippen MR) is 37.9 cm³/mol. The zero-order chi connectivity index (χ0) is 10.9. The van der Waals surface area contributed by atoms with E-state index in [0.29, 0.717) is 12.1 Å². The van der Waals surface area contributed by atoms with Gasteiger partial charge in [-0.05, 0) is 18.2 Å². The first-order chi connectivity index (χ1) is 6.35. The minimum absolute atomic E-state index is 0.156. The molecule has 1 aromatic rings. The molecule has 0 saturated heterocycles. The van der Waals surface area contributed by atoms with Gasteiger partial charge < -0.3 is 5.11 Å². The molecule has 0 bridgehead atoms. The Morgan fingerprint density at radius 2 is 1.86 bits per heavy atom. The Hall–Kier alpha value is -1.59. The van der Waals surface area contributed by atoms with Gasteiger partial charge in [-0.2, -0.15) is 8.78 Å². The van der Waals surface area contributed by atoms with Crippen molar-refractivity contribution < 1.29 is 27.5 Å². The molecular formula is C8H4F4O2. The van der Waals surface area contributed by atoms with E-state index in [-0.39, 0.29) is 6.07 Å². The minimum atomic E-state index is -4.42. The molecule has 0 saturated carbocycles. The van der Waals surface area contributed by atoms with E-state index in [2.05, 4.69) is 0 Å². The molecule has 1 N–H and O–H groups in total. The maximum absolute atomic E-state index is 12.7. The lowest BCUT2D eigenvalue weighted by atomic mass is 10.1. The number of rotatable bonds is 2. The molecule has 0 fully saturated rings. The number of halogens is 4. The maximum Gasteiger partial charge on any atom is 0.379 e. The summed E-state index contributed by atoms with van der Waals surface area (Å²) in [6.07, 6.45) is 0. The molecule has 0 unspecified atom stereocenters. The van der Waals surface area contributed by atoms with E-state index in [1.807, 2.05) is 0 Å². The number of hydrogen-bond acceptors (Lipinski definition) is 1. The second kappa shape index (κ2) is 3.28. The van der Waals surface area contributed by atoms with Gasteiger partial charge in [0.2, 0.25) is 0 Å². The summed E-state index contributed by atoms with van der Waals surface area (Å²) in [6, 6.07) is 1.22. The monoisotopic (exact) mass is 208 g/mol. The van der Waals surface area contributed by atoms with Gasteiger partial charge in [0.25, 0.3) is 0 Å². The zero-order valence-corrected chi connectivity index (χ0v) is 6.60. The van der Waals surface area contributed by atoms with Crippen LogP contribution in [0.1, 0.15) is 5.56 Å². The van der Waals surface area contributed by atoms with Gasteiger partial charge in [-0.25, -0.2) is 13.6 Å². The standard InChI is InChI=1S/C8H4F4O2/c9-4-1-2-6(10)5(3-4)8(11,12)7(13)14/h1-3H,(H,13,14). The second-order valence-electron chi connectivity index (χ2n) is 2.50. The number of carboxylic acids is 1. The Kier molecular flexibility index (Phi) is 2.46. The molecule has 1 aromatic carbocycles. The molecule has 1 rings (SSSR count). The van der Waals surface area contributed by atoms with Crippen LogP contribution in [0.25, 0.3) is 0 Å². The fourth-order valence-corrected chi connectivity index (χ4v) is 0.853. The van der Waals surface area contributed by atoms with Crippen molar-refractivity contribution >= 4 is 5.97 Å². The lowest BCUT2D eigenvalue weighted by Crippen LogP contribution is -2.26. The number of aliphatic carboxylic acids is 1. The third-order valence-electron chi connectivity index (χ3n) is 1.54. The average molecular weight is 208 g/mol. The molecule has 14 heavy (non-hydrogen) atoms. The number of hydrogen-bond donors (Lipinski definition) is 1. The van der Waals surface area contributed by atoms with Crippen molar-refractivity contribution in [2.24, 2.45) is 0 Å². The number of alkyl halides is 2. The highest BCUT2D eigenvalue weighted by Gasteiger charge is 2.43. The van der Waals surface area contributed by atoms with Gasteiger partial charge in [0, 0.05) is 0 Å². The summed E-state index contributed by atoms with van der Waals surface area (Å²) in [5.74, 6) is -9.53. The fourth-order valence-electron chi connectivity index (χ4n) is 0.853. The van der Waals surface area contributed by atoms with Crippen molar-refractivity contribution in [1.82, 2.24) is 0 Å². The Bertz CT molecular complexity index is 376. The molecule has 0 aliphatic heterocycles. The summed E-state index contributed by atoms with van der Waals surface area (Å²) < 4.78 is 50.6. The molecule has 0 atom stereocenters. The highest BCUT2D eigenvalue weighted by molar-refractivity contribution is 5.77. The number of benzene rings is 1. The summed E-state index contributed by atoms with van der Waals surface area (Å²) in [4.78, 5) is 10.0. The molecule has 6 heteroatoms. The van der Waals surface area contributed by atoms with Crippen LogP contribution >= 0.6 is 0 Å². The van der Waals surface area contributed by atoms with Crippen LogP contribution < -0.4 is 0 Å². The molecule has 0 amide bonds. The molecule has 2 nitrogen and oxygen atoms in total. The van der Waals surface area contributed by atoms with Gasteiger partial charge in [-0.15, -0.1) is 0 Å². The highest BCUT2D eigenvalue weighted by Crippen LogP contribution is 2.30. The van der Waals surface area contributed by atoms with Crippen molar-refractivity contribution in [1.29, 1.82) is 0 Å². The quantitative estimate of drug-likeness (QED) is 0.756. The maximum atomic E-state index is 12.7. The van der Waals surface area contributed by atoms with Gasteiger partial charge >= 0.3 is 11.9 Å². The van der Waals surface area contributed by atoms with Gasteiger partial charge in [-0.3, -0.25) is 0 Å². The molecule has 0 radical (unpaired) electrons. The van der Waals surface area contributed by atoms with E-state index in [9.17, 15) is 22.4 Å². The number of carbonyl (C=O) groups is 1. The van der Waals surface area contributed by atoms with Crippen LogP contribution in [-0.2, 0) is 10.7 Å². The molecule has 0 heterocycles. The summed E-state index contributed by atoms with van der Waals surface area (Å²) >= 11 is 0. The van der Waals surface area contributed by atoms with Crippen LogP contribution in [0, 0.1) is 11.6 Å². The van der Waals surface area contributed by atoms with Gasteiger partial charge in [0.15, 0.2) is 0 Å². The highest BCUT2D eigenvalue weighted by atomic mass is 19.3. The first kappa shape index (κ1) is 10.5. The summed E-state index contributed by atoms with van der Waals surface area (Å²) in [6.45, 7) is 0. The molecule has 0 aromatic heterocycles. The first-order valence-corrected chi connectivity index (χ1v) is 3.42. The van der Waals surface area contributed by atoms with Crippen molar-refractivity contribution in [2.45, 2.75) is 5.92 Å². The first-order valence-electron chi connectivity index (χ1n) is 3.42. The van der Waals surface area contributed by atoms with Crippen molar-refractivity contribution in [2.75, 3.05) is 0 Å². The van der Waals surface area contributed by atoms with Crippen molar-refractivity contribution in [3.63, 3.8) is 0 Å². The third-order valence-corrected chi connectivity index (χ3v) is 1.54. The van der Waals surface area contributed by atoms with Crippen LogP contribution in [0.2, 0.25) is 0 Å². The Morgan fingerprint density at radius 1 is 1.29 bits per heavy atom. The smallest absolute Gasteiger partial charge is 0.379 e. The molecule has 0 aliphatic rings. The van der Waals surface area contributed by atoms with Gasteiger partial charge in [-0.1, -0.05) is 0 Å². The lowest BCUT2D eigenvalue weighted by Gasteiger charge is -2.11. The molecule has 0 spiro atoms. The van der Waals surface area contributed by atoms with E-state index in [1.165, 1.54) is 0 Å². The lowest BCUT2D eigenvalue weighted by molar-refractivity contribution is -0.166. The Labute approximate surface area is 75.8 Å². The van der Waals surface area contributed by atoms with Crippen LogP contribution in [0.3, 0.4) is 0 Å². The topological polar surface area (TPSA) is 37.3 Å². The average Bonchev–Trinajstić information content (AvgIpc) is 2.08. The van der Waals surface area contributed by atoms with E-state index >= 15 is 0 Å². The largest absolute Gasteiger partial charge is 0.477 e. The van der Waals surface area contributed by atoms with E-state index < -0.39 is 29.1 Å².